The van der Waals surface area contributed by atoms with Crippen molar-refractivity contribution in [3.63, 3.8) is 0 Å². The summed E-state index contributed by atoms with van der Waals surface area (Å²) in [6.45, 7) is 1.52. The zero-order valence-electron chi connectivity index (χ0n) is 8.95. The minimum atomic E-state index is -5.14. The molecule has 0 heterocycles. The Balaban J connectivity index is -0.000000105. The van der Waals surface area contributed by atoms with E-state index in [-0.39, 0.29) is 87.5 Å². The second-order valence-corrected chi connectivity index (χ2v) is 3.04. The van der Waals surface area contributed by atoms with Crippen molar-refractivity contribution in [3.05, 3.63) is 11.6 Å². The molecule has 0 aliphatic carbocycles. The van der Waals surface area contributed by atoms with E-state index < -0.39 is 19.8 Å². The predicted molar refractivity (Wildman–Crippen MR) is 49.7 cm³/mol. The van der Waals surface area contributed by atoms with Gasteiger partial charge >= 0.3 is 75.5 Å². The van der Waals surface area contributed by atoms with Crippen LogP contribution in [-0.2, 0) is 14.2 Å². The van der Waals surface area contributed by atoms with Gasteiger partial charge in [-0.2, -0.15) is 0 Å². The van der Waals surface area contributed by atoms with E-state index in [4.69, 9.17) is 19.2 Å². The Bertz CT molecular complexity index is 301. The first kappa shape index (κ1) is 26.8. The first-order valence-electron chi connectivity index (χ1n) is 3.45. The Labute approximate surface area is 157 Å². The van der Waals surface area contributed by atoms with Gasteiger partial charge in [0.15, 0.2) is 0 Å². The van der Waals surface area contributed by atoms with Crippen LogP contribution in [0.25, 0.3) is 0 Å². The van der Waals surface area contributed by atoms with Gasteiger partial charge in [-0.05, 0) is 18.1 Å². The predicted octanol–water partition coefficient (Wildman–Crippen LogP) is -5.13. The number of carboxylic acid groups (broad SMARTS) is 2. The molecule has 8 nitrogen and oxygen atoms in total. The Morgan fingerprint density at radius 1 is 1.24 bits per heavy atom. The van der Waals surface area contributed by atoms with Crippen molar-refractivity contribution in [3.8, 4) is 0 Å². The molecule has 0 radical (unpaired) electrons. The smallest absolute Gasteiger partial charge is 0.790 e. The molecule has 0 saturated carbocycles. The van der Waals surface area contributed by atoms with Crippen molar-refractivity contribution in [2.45, 2.75) is 13.3 Å². The van der Waals surface area contributed by atoms with E-state index in [9.17, 15) is 19.8 Å². The molecule has 1 N–H and O–H groups in total. The topological polar surface area (TPSA) is 164 Å². The minimum Gasteiger partial charge on any atom is -0.790 e. The summed E-state index contributed by atoms with van der Waals surface area (Å²) in [5, 5.41) is 19.8. The molecule has 0 atom stereocenters. The van der Waals surface area contributed by atoms with Gasteiger partial charge < -0.3 is 39.0 Å². The third kappa shape index (κ3) is 31.7. The van der Waals surface area contributed by atoms with Crippen LogP contribution in [0.3, 0.4) is 0 Å². The van der Waals surface area contributed by atoms with Gasteiger partial charge in [0, 0.05) is 0 Å². The van der Waals surface area contributed by atoms with Gasteiger partial charge in [-0.3, -0.25) is 0 Å². The summed E-state index contributed by atoms with van der Waals surface area (Å²) >= 11 is 0. The van der Waals surface area contributed by atoms with Crippen molar-refractivity contribution in [2.75, 3.05) is 0 Å². The quantitative estimate of drug-likeness (QED) is 0.306. The molecule has 0 aromatic rings. The average molecular weight is 318 g/mol. The molecule has 0 aromatic heterocycles. The molecule has 0 spiro atoms. The normalized spacial score (nSPS) is 10.0. The minimum absolute atomic E-state index is 0. The van der Waals surface area contributed by atoms with Crippen LogP contribution in [0.4, 0.5) is 0 Å². The van der Waals surface area contributed by atoms with E-state index in [2.05, 4.69) is 0 Å². The molecular formula is C6H7Ca2O8P. The van der Waals surface area contributed by atoms with Crippen LogP contribution in [0.1, 0.15) is 13.3 Å². The maximum atomic E-state index is 10.00. The van der Waals surface area contributed by atoms with E-state index in [0.717, 1.165) is 0 Å². The van der Waals surface area contributed by atoms with Crippen LogP contribution in [0.5, 0.6) is 0 Å². The zero-order chi connectivity index (χ0) is 12.6. The Kier molecular flexibility index (Phi) is 21.6. The van der Waals surface area contributed by atoms with Gasteiger partial charge in [0.2, 0.25) is 0 Å². The number of carboxylic acids is 2. The van der Waals surface area contributed by atoms with E-state index in [1.54, 1.807) is 0 Å². The summed E-state index contributed by atoms with van der Waals surface area (Å²) in [4.78, 5) is 44.1. The monoisotopic (exact) mass is 318 g/mol. The number of aliphatic carboxylic acids is 2. The Morgan fingerprint density at radius 2 is 1.53 bits per heavy atom. The maximum Gasteiger partial charge on any atom is 2.00 e. The first-order valence-corrected chi connectivity index (χ1v) is 4.95. The molecule has 0 fully saturated rings. The summed E-state index contributed by atoms with van der Waals surface area (Å²) in [7, 11) is -5.14. The summed E-state index contributed by atoms with van der Waals surface area (Å²) < 4.78 is 8.66. The number of rotatable bonds is 3. The van der Waals surface area contributed by atoms with Crippen LogP contribution >= 0.6 is 7.82 Å². The number of hydrogen-bond acceptors (Lipinski definition) is 7. The molecule has 0 bridgehead atoms. The molecular weight excluding hydrogens is 311 g/mol. The molecule has 0 aliphatic rings. The summed E-state index contributed by atoms with van der Waals surface area (Å²) in [6, 6.07) is 0. The molecule has 0 aliphatic heterocycles. The Morgan fingerprint density at radius 3 is 1.59 bits per heavy atom. The van der Waals surface area contributed by atoms with Gasteiger partial charge in [0.05, 0.1) is 19.8 Å². The molecule has 88 valence electrons. The van der Waals surface area contributed by atoms with Crippen molar-refractivity contribution < 1.29 is 39.0 Å². The number of hydrogen-bond donors (Lipinski definition) is 1. The summed E-state index contributed by atoms with van der Waals surface area (Å²) in [6.07, 6.45) is 0.644. The Hall–Kier alpha value is 1.31. The number of phosphoric acid groups is 1. The number of carbonyl (C=O) groups is 2. The van der Waals surface area contributed by atoms with Crippen LogP contribution in [0.2, 0.25) is 0 Å². The van der Waals surface area contributed by atoms with E-state index in [0.29, 0.717) is 6.08 Å². The van der Waals surface area contributed by atoms with Crippen LogP contribution < -0.4 is 20.0 Å². The molecule has 11 heteroatoms. The second kappa shape index (κ2) is 13.7. The van der Waals surface area contributed by atoms with E-state index in [1.807, 2.05) is 0 Å². The fraction of sp³-hybridized carbons (Fsp3) is 0.333. The van der Waals surface area contributed by atoms with Gasteiger partial charge in [-0.1, -0.05) is 6.92 Å². The van der Waals surface area contributed by atoms with Crippen molar-refractivity contribution in [1.82, 2.24) is 0 Å². The molecule has 0 unspecified atom stereocenters. The van der Waals surface area contributed by atoms with E-state index in [1.165, 1.54) is 6.92 Å². The molecule has 0 rings (SSSR count). The summed E-state index contributed by atoms with van der Waals surface area (Å²) in [5.41, 5.74) is -0.264. The van der Waals surface area contributed by atoms with E-state index >= 15 is 0 Å². The van der Waals surface area contributed by atoms with Crippen LogP contribution in [-0.4, -0.2) is 92.3 Å². The third-order valence-corrected chi connectivity index (χ3v) is 0.935. The SMILES string of the molecule is CC/C(=C\C(=O)[O-])C(=O)[O-].O=P([O-])([O-])O.[Ca+2].[Ca+2]. The first-order chi connectivity index (χ1) is 6.57. The fourth-order valence-corrected chi connectivity index (χ4v) is 0.448. The fourth-order valence-electron chi connectivity index (χ4n) is 0.448. The van der Waals surface area contributed by atoms with Gasteiger partial charge in [0.1, 0.15) is 0 Å². The second-order valence-electron chi connectivity index (χ2n) is 2.10. The van der Waals surface area contributed by atoms with Crippen molar-refractivity contribution >= 4 is 95.2 Å². The molecule has 0 aromatic carbocycles. The largest absolute Gasteiger partial charge is 2.00 e. The molecule has 0 amide bonds. The van der Waals surface area contributed by atoms with Crippen molar-refractivity contribution in [1.29, 1.82) is 0 Å². The third-order valence-electron chi connectivity index (χ3n) is 0.935. The van der Waals surface area contributed by atoms with Crippen molar-refractivity contribution in [2.24, 2.45) is 0 Å². The van der Waals surface area contributed by atoms with Crippen LogP contribution in [0.15, 0.2) is 11.6 Å². The number of carbonyl (C=O) groups excluding carboxylic acids is 2. The molecule has 0 saturated heterocycles. The maximum absolute atomic E-state index is 10.00. The van der Waals surface area contributed by atoms with Crippen LogP contribution in [0, 0.1) is 0 Å². The molecule has 17 heavy (non-hydrogen) atoms. The summed E-state index contributed by atoms with van der Waals surface area (Å²) in [5.74, 6) is -2.98. The standard InChI is InChI=1S/C6H8O4.2Ca.H3O4P/c1-2-4(6(9)10)3-5(7)8;;;1-5(2,3)4/h3H,2H2,1H3,(H,7,8)(H,9,10);;;(H3,1,2,3,4)/q;2*+2;/p-4/b4-3+;;;. The van der Waals surface area contributed by atoms with Gasteiger partial charge in [-0.25, -0.2) is 0 Å². The zero-order valence-corrected chi connectivity index (χ0v) is 14.3. The van der Waals surface area contributed by atoms with Gasteiger partial charge in [-0.15, -0.1) is 0 Å². The van der Waals surface area contributed by atoms with Gasteiger partial charge in [0.25, 0.3) is 0 Å². The average Bonchev–Trinajstić information content (AvgIpc) is 1.95.